The fourth-order valence-corrected chi connectivity index (χ4v) is 2.29. The Bertz CT molecular complexity index is 549. The van der Waals surface area contributed by atoms with Crippen molar-refractivity contribution in [2.45, 2.75) is 26.3 Å². The van der Waals surface area contributed by atoms with Crippen molar-refractivity contribution in [2.24, 2.45) is 5.73 Å². The van der Waals surface area contributed by atoms with Gasteiger partial charge in [0.05, 0.1) is 13.2 Å². The van der Waals surface area contributed by atoms with E-state index in [1.54, 1.807) is 19.5 Å². The SMILES string of the molecule is COc1nccnc1C(N)Cc1cc(C)cc(C)c1. The van der Waals surface area contributed by atoms with Crippen molar-refractivity contribution in [3.05, 3.63) is 53.0 Å². The second-order valence-electron chi connectivity index (χ2n) is 4.76. The van der Waals surface area contributed by atoms with Crippen molar-refractivity contribution >= 4 is 0 Å². The maximum atomic E-state index is 6.22. The maximum absolute atomic E-state index is 6.22. The molecule has 0 bridgehead atoms. The molecule has 0 fully saturated rings. The van der Waals surface area contributed by atoms with E-state index in [1.807, 2.05) is 0 Å². The molecule has 1 heterocycles. The molecular formula is C15H19N3O. The lowest BCUT2D eigenvalue weighted by atomic mass is 10.00. The minimum atomic E-state index is -0.218. The summed E-state index contributed by atoms with van der Waals surface area (Å²) >= 11 is 0. The van der Waals surface area contributed by atoms with Crippen LogP contribution in [0, 0.1) is 13.8 Å². The van der Waals surface area contributed by atoms with Crippen LogP contribution >= 0.6 is 0 Å². The number of aryl methyl sites for hydroxylation is 2. The molecule has 0 spiro atoms. The van der Waals surface area contributed by atoms with E-state index in [0.29, 0.717) is 11.6 Å². The summed E-state index contributed by atoms with van der Waals surface area (Å²) in [4.78, 5) is 8.41. The third-order valence-corrected chi connectivity index (χ3v) is 2.97. The predicted octanol–water partition coefficient (Wildman–Crippen LogP) is 2.34. The number of hydrogen-bond donors (Lipinski definition) is 1. The van der Waals surface area contributed by atoms with E-state index in [-0.39, 0.29) is 6.04 Å². The van der Waals surface area contributed by atoms with Crippen molar-refractivity contribution in [2.75, 3.05) is 7.11 Å². The molecule has 1 aromatic carbocycles. The number of benzene rings is 1. The standard InChI is InChI=1S/C15H19N3O/c1-10-6-11(2)8-12(7-10)9-13(16)14-15(19-3)18-5-4-17-14/h4-8,13H,9,16H2,1-3H3. The first kappa shape index (κ1) is 13.5. The molecule has 100 valence electrons. The summed E-state index contributed by atoms with van der Waals surface area (Å²) in [5.41, 5.74) is 10.6. The van der Waals surface area contributed by atoms with Gasteiger partial charge < -0.3 is 10.5 Å². The predicted molar refractivity (Wildman–Crippen MR) is 75.1 cm³/mol. The molecule has 1 aromatic heterocycles. The largest absolute Gasteiger partial charge is 0.480 e. The van der Waals surface area contributed by atoms with Crippen molar-refractivity contribution in [1.82, 2.24) is 9.97 Å². The number of nitrogens with two attached hydrogens (primary N) is 1. The first-order valence-corrected chi connectivity index (χ1v) is 6.28. The van der Waals surface area contributed by atoms with Gasteiger partial charge in [0.25, 0.3) is 0 Å². The second kappa shape index (κ2) is 5.80. The van der Waals surface area contributed by atoms with Gasteiger partial charge in [-0.05, 0) is 25.8 Å². The summed E-state index contributed by atoms with van der Waals surface area (Å²) in [6.45, 7) is 4.18. The zero-order valence-corrected chi connectivity index (χ0v) is 11.6. The molecule has 0 aliphatic heterocycles. The highest BCUT2D eigenvalue weighted by Crippen LogP contribution is 2.22. The lowest BCUT2D eigenvalue weighted by molar-refractivity contribution is 0.384. The summed E-state index contributed by atoms with van der Waals surface area (Å²) in [6.07, 6.45) is 3.96. The highest BCUT2D eigenvalue weighted by atomic mass is 16.5. The average molecular weight is 257 g/mol. The van der Waals surface area contributed by atoms with Crippen molar-refractivity contribution in [1.29, 1.82) is 0 Å². The van der Waals surface area contributed by atoms with Crippen LogP contribution in [0.15, 0.2) is 30.6 Å². The van der Waals surface area contributed by atoms with E-state index in [2.05, 4.69) is 42.0 Å². The lowest BCUT2D eigenvalue weighted by Gasteiger charge is -2.14. The first-order chi connectivity index (χ1) is 9.10. The molecule has 0 saturated heterocycles. The van der Waals surface area contributed by atoms with E-state index >= 15 is 0 Å². The van der Waals surface area contributed by atoms with Crippen LogP contribution in [0.25, 0.3) is 0 Å². The van der Waals surface area contributed by atoms with Crippen LogP contribution in [0.5, 0.6) is 5.88 Å². The highest BCUT2D eigenvalue weighted by Gasteiger charge is 2.15. The molecule has 4 heteroatoms. The molecule has 2 rings (SSSR count). The fourth-order valence-electron chi connectivity index (χ4n) is 2.29. The van der Waals surface area contributed by atoms with Crippen LogP contribution in [0.3, 0.4) is 0 Å². The monoisotopic (exact) mass is 257 g/mol. The topological polar surface area (TPSA) is 61.0 Å². The molecule has 0 saturated carbocycles. The van der Waals surface area contributed by atoms with E-state index < -0.39 is 0 Å². The van der Waals surface area contributed by atoms with Gasteiger partial charge in [-0.15, -0.1) is 0 Å². The third-order valence-electron chi connectivity index (χ3n) is 2.97. The molecule has 0 aliphatic rings. The Hall–Kier alpha value is -1.94. The molecule has 2 aromatic rings. The number of aromatic nitrogens is 2. The summed E-state index contributed by atoms with van der Waals surface area (Å²) in [7, 11) is 1.58. The van der Waals surface area contributed by atoms with Crippen molar-refractivity contribution in [3.8, 4) is 5.88 Å². The first-order valence-electron chi connectivity index (χ1n) is 6.28. The summed E-state index contributed by atoms with van der Waals surface area (Å²) in [6, 6.07) is 6.23. The maximum Gasteiger partial charge on any atom is 0.236 e. The highest BCUT2D eigenvalue weighted by molar-refractivity contribution is 5.31. The molecule has 2 N–H and O–H groups in total. The Morgan fingerprint density at radius 3 is 2.37 bits per heavy atom. The summed E-state index contributed by atoms with van der Waals surface area (Å²) in [5.74, 6) is 0.499. The number of hydrogen-bond acceptors (Lipinski definition) is 4. The Labute approximate surface area is 113 Å². The molecule has 0 amide bonds. The second-order valence-corrected chi connectivity index (χ2v) is 4.76. The Balaban J connectivity index is 2.22. The van der Waals surface area contributed by atoms with E-state index in [9.17, 15) is 0 Å². The van der Waals surface area contributed by atoms with Crippen LogP contribution in [-0.4, -0.2) is 17.1 Å². The van der Waals surface area contributed by atoms with E-state index in [0.717, 1.165) is 6.42 Å². The molecule has 1 unspecified atom stereocenters. The van der Waals surface area contributed by atoms with Crippen LogP contribution in [0.2, 0.25) is 0 Å². The lowest BCUT2D eigenvalue weighted by Crippen LogP contribution is -2.16. The zero-order chi connectivity index (χ0) is 13.8. The van der Waals surface area contributed by atoms with Gasteiger partial charge in [-0.3, -0.25) is 4.98 Å². The summed E-state index contributed by atoms with van der Waals surface area (Å²) < 4.78 is 5.20. The van der Waals surface area contributed by atoms with Gasteiger partial charge in [-0.1, -0.05) is 29.3 Å². The van der Waals surface area contributed by atoms with Gasteiger partial charge in [-0.25, -0.2) is 4.98 Å². The third kappa shape index (κ3) is 3.29. The van der Waals surface area contributed by atoms with Gasteiger partial charge in [0.15, 0.2) is 0 Å². The Morgan fingerprint density at radius 1 is 1.11 bits per heavy atom. The van der Waals surface area contributed by atoms with E-state index in [4.69, 9.17) is 10.5 Å². The summed E-state index contributed by atoms with van der Waals surface area (Å²) in [5, 5.41) is 0. The smallest absolute Gasteiger partial charge is 0.236 e. The van der Waals surface area contributed by atoms with Crippen LogP contribution in [0.4, 0.5) is 0 Å². The average Bonchev–Trinajstić information content (AvgIpc) is 2.37. The van der Waals surface area contributed by atoms with Crippen LogP contribution < -0.4 is 10.5 Å². The van der Waals surface area contributed by atoms with Gasteiger partial charge in [0.2, 0.25) is 5.88 Å². The minimum Gasteiger partial charge on any atom is -0.480 e. The quantitative estimate of drug-likeness (QED) is 0.913. The molecule has 19 heavy (non-hydrogen) atoms. The van der Waals surface area contributed by atoms with Crippen LogP contribution in [-0.2, 0) is 6.42 Å². The van der Waals surface area contributed by atoms with Crippen molar-refractivity contribution < 1.29 is 4.74 Å². The van der Waals surface area contributed by atoms with E-state index in [1.165, 1.54) is 16.7 Å². The number of nitrogens with zero attached hydrogens (tertiary/aromatic N) is 2. The zero-order valence-electron chi connectivity index (χ0n) is 11.6. The van der Waals surface area contributed by atoms with Gasteiger partial charge in [0, 0.05) is 12.4 Å². The van der Waals surface area contributed by atoms with Gasteiger partial charge in [0.1, 0.15) is 5.69 Å². The van der Waals surface area contributed by atoms with Crippen molar-refractivity contribution in [3.63, 3.8) is 0 Å². The van der Waals surface area contributed by atoms with Crippen LogP contribution in [0.1, 0.15) is 28.4 Å². The molecule has 0 radical (unpaired) electrons. The van der Waals surface area contributed by atoms with Gasteiger partial charge in [-0.2, -0.15) is 0 Å². The molecule has 4 nitrogen and oxygen atoms in total. The number of ether oxygens (including phenoxy) is 1. The Kier molecular flexibility index (Phi) is 4.12. The fraction of sp³-hybridized carbons (Fsp3) is 0.333. The minimum absolute atomic E-state index is 0.218. The normalized spacial score (nSPS) is 12.2. The number of rotatable bonds is 4. The molecule has 0 aliphatic carbocycles. The van der Waals surface area contributed by atoms with Gasteiger partial charge >= 0.3 is 0 Å². The molecule has 1 atom stereocenters. The number of methoxy groups -OCH3 is 1. The Morgan fingerprint density at radius 2 is 1.74 bits per heavy atom. The molecular weight excluding hydrogens is 238 g/mol.